The summed E-state index contributed by atoms with van der Waals surface area (Å²) in [4.78, 5) is 2.43. The van der Waals surface area contributed by atoms with Crippen molar-refractivity contribution in [2.75, 3.05) is 4.90 Å². The van der Waals surface area contributed by atoms with Gasteiger partial charge in [-0.05, 0) is 162 Å². The highest BCUT2D eigenvalue weighted by atomic mass is 15.1. The van der Waals surface area contributed by atoms with Gasteiger partial charge >= 0.3 is 0 Å². The second kappa shape index (κ2) is 12.1. The van der Waals surface area contributed by atoms with Crippen LogP contribution in [0.1, 0.15) is 48.8 Å². The Morgan fingerprint density at radius 2 is 1.09 bits per heavy atom. The van der Waals surface area contributed by atoms with Crippen molar-refractivity contribution >= 4 is 38.9 Å². The van der Waals surface area contributed by atoms with Gasteiger partial charge in [-0.25, -0.2) is 0 Å². The van der Waals surface area contributed by atoms with E-state index >= 15 is 0 Å². The van der Waals surface area contributed by atoms with Gasteiger partial charge in [0.2, 0.25) is 0 Å². The maximum absolute atomic E-state index is 9.57. The minimum Gasteiger partial charge on any atom is -0.310 e. The topological polar surface area (TPSA) is 32.0 Å². The zero-order chi connectivity index (χ0) is 37.0. The fourth-order valence-electron chi connectivity index (χ4n) is 12.3. The summed E-state index contributed by atoms with van der Waals surface area (Å²) in [5, 5.41) is 12.1. The summed E-state index contributed by atoms with van der Waals surface area (Å²) < 4.78 is 2.39. The molecule has 5 aliphatic carbocycles. The number of benzene rings is 7. The van der Waals surface area contributed by atoms with E-state index < -0.39 is 0 Å². The van der Waals surface area contributed by atoms with Gasteiger partial charge < -0.3 is 9.47 Å². The van der Waals surface area contributed by atoms with E-state index in [1.807, 2.05) is 18.2 Å². The van der Waals surface area contributed by atoms with Gasteiger partial charge in [0, 0.05) is 38.9 Å². The van der Waals surface area contributed by atoms with Gasteiger partial charge in [0.15, 0.2) is 0 Å². The summed E-state index contributed by atoms with van der Waals surface area (Å²) in [6, 6.07) is 62.4. The maximum Gasteiger partial charge on any atom is 0.0991 e. The first kappa shape index (κ1) is 31.9. The van der Waals surface area contributed by atoms with Crippen LogP contribution < -0.4 is 4.90 Å². The molecule has 13 rings (SSSR count). The van der Waals surface area contributed by atoms with E-state index in [2.05, 4.69) is 161 Å². The summed E-state index contributed by atoms with van der Waals surface area (Å²) in [6.45, 7) is 0. The van der Waals surface area contributed by atoms with Gasteiger partial charge in [-0.3, -0.25) is 0 Å². The van der Waals surface area contributed by atoms with E-state index in [9.17, 15) is 5.26 Å². The number of nitrogens with zero attached hydrogens (tertiary/aromatic N) is 3. The molecular formula is C53H41N3. The fraction of sp³-hybridized carbons (Fsp3) is 0.189. The average Bonchev–Trinajstić information content (AvgIpc) is 3.74. The molecule has 0 unspecified atom stereocenters. The number of aromatic nitrogens is 1. The van der Waals surface area contributed by atoms with Crippen molar-refractivity contribution in [1.29, 1.82) is 5.26 Å². The molecule has 5 aliphatic rings. The first-order valence-corrected chi connectivity index (χ1v) is 20.4. The number of anilines is 3. The van der Waals surface area contributed by atoms with Crippen molar-refractivity contribution in [2.45, 2.75) is 37.5 Å². The molecule has 0 N–H and O–H groups in total. The molecule has 3 nitrogen and oxygen atoms in total. The molecule has 0 aliphatic heterocycles. The molecule has 3 heteroatoms. The average molecular weight is 720 g/mol. The van der Waals surface area contributed by atoms with Crippen molar-refractivity contribution in [3.8, 4) is 34.0 Å². The van der Waals surface area contributed by atoms with Crippen molar-refractivity contribution in [3.05, 3.63) is 180 Å². The van der Waals surface area contributed by atoms with Gasteiger partial charge in [-0.1, -0.05) is 91.0 Å². The Kier molecular flexibility index (Phi) is 6.88. The molecule has 1 heterocycles. The van der Waals surface area contributed by atoms with Crippen LogP contribution in [0.4, 0.5) is 17.1 Å². The molecule has 4 fully saturated rings. The molecule has 1 spiro atoms. The second-order valence-corrected chi connectivity index (χ2v) is 16.9. The number of nitriles is 1. The molecule has 0 amide bonds. The minimum absolute atomic E-state index is 0.145. The summed E-state index contributed by atoms with van der Waals surface area (Å²) in [6.07, 6.45) is 7.00. The van der Waals surface area contributed by atoms with E-state index in [1.165, 1.54) is 70.7 Å². The lowest BCUT2D eigenvalue weighted by molar-refractivity contribution is -0.0399. The highest BCUT2D eigenvalue weighted by Gasteiger charge is 2.61. The lowest BCUT2D eigenvalue weighted by atomic mass is 9.43. The fourth-order valence-corrected chi connectivity index (χ4v) is 12.3. The zero-order valence-corrected chi connectivity index (χ0v) is 31.3. The Balaban J connectivity index is 1.01. The van der Waals surface area contributed by atoms with Crippen LogP contribution in [0.3, 0.4) is 0 Å². The third kappa shape index (κ3) is 4.50. The standard InChI is InChI=1S/C53H41N3/c54-33-34-8-7-9-38(27-34)37-16-18-41(19-17-37)55(42-20-22-43(23-21-42)56-51-14-5-2-11-46(51)47-12-3-6-15-52(47)56)44-24-25-50-48(32-44)45-10-1-4-13-49(45)53(50)39-28-35-26-36(30-39)31-40(53)29-35/h1-25,27,32,35-36,39-40H,26,28-31H2. The van der Waals surface area contributed by atoms with Crippen molar-refractivity contribution in [3.63, 3.8) is 0 Å². The number of hydrogen-bond acceptors (Lipinski definition) is 2. The van der Waals surface area contributed by atoms with E-state index in [0.29, 0.717) is 5.56 Å². The molecule has 0 atom stereocenters. The van der Waals surface area contributed by atoms with Crippen molar-refractivity contribution in [2.24, 2.45) is 23.7 Å². The predicted molar refractivity (Wildman–Crippen MR) is 229 cm³/mol. The van der Waals surface area contributed by atoms with Crippen LogP contribution in [-0.2, 0) is 5.41 Å². The summed E-state index contributed by atoms with van der Waals surface area (Å²) in [5.74, 6) is 3.32. The number of hydrogen-bond donors (Lipinski definition) is 0. The highest BCUT2D eigenvalue weighted by Crippen LogP contribution is 2.69. The molecule has 0 saturated heterocycles. The summed E-state index contributed by atoms with van der Waals surface area (Å²) >= 11 is 0. The maximum atomic E-state index is 9.57. The Labute approximate surface area is 328 Å². The van der Waals surface area contributed by atoms with Crippen LogP contribution in [0.15, 0.2) is 164 Å². The second-order valence-electron chi connectivity index (χ2n) is 16.9. The van der Waals surface area contributed by atoms with E-state index in [4.69, 9.17) is 0 Å². The molecule has 1 aromatic heterocycles. The van der Waals surface area contributed by atoms with Crippen molar-refractivity contribution < 1.29 is 0 Å². The molecule has 0 radical (unpaired) electrons. The third-order valence-corrected chi connectivity index (χ3v) is 14.2. The highest BCUT2D eigenvalue weighted by molar-refractivity contribution is 6.09. The van der Waals surface area contributed by atoms with Crippen LogP contribution in [-0.4, -0.2) is 4.57 Å². The number of para-hydroxylation sites is 2. The van der Waals surface area contributed by atoms with Crippen LogP contribution >= 0.6 is 0 Å². The van der Waals surface area contributed by atoms with Gasteiger partial charge in [0.25, 0.3) is 0 Å². The lowest BCUT2D eigenvalue weighted by Gasteiger charge is -2.61. The Morgan fingerprint density at radius 1 is 0.500 bits per heavy atom. The first-order chi connectivity index (χ1) is 27.7. The molecule has 8 aromatic rings. The van der Waals surface area contributed by atoms with Gasteiger partial charge in [0.05, 0.1) is 22.7 Å². The Morgan fingerprint density at radius 3 is 1.77 bits per heavy atom. The minimum atomic E-state index is 0.145. The molecule has 7 aromatic carbocycles. The van der Waals surface area contributed by atoms with E-state index in [-0.39, 0.29) is 5.41 Å². The molecular weight excluding hydrogens is 679 g/mol. The normalized spacial score (nSPS) is 22.7. The zero-order valence-electron chi connectivity index (χ0n) is 31.3. The first-order valence-electron chi connectivity index (χ1n) is 20.4. The number of fused-ring (bicyclic) bond motifs is 6. The smallest absolute Gasteiger partial charge is 0.0991 e. The van der Waals surface area contributed by atoms with E-state index in [0.717, 1.165) is 51.9 Å². The summed E-state index contributed by atoms with van der Waals surface area (Å²) in [5.41, 5.74) is 15.9. The van der Waals surface area contributed by atoms with Gasteiger partial charge in [-0.2, -0.15) is 5.26 Å². The van der Waals surface area contributed by atoms with Gasteiger partial charge in [0.1, 0.15) is 0 Å². The molecule has 56 heavy (non-hydrogen) atoms. The number of rotatable bonds is 5. The molecule has 268 valence electrons. The predicted octanol–water partition coefficient (Wildman–Crippen LogP) is 13.5. The SMILES string of the molecule is N#Cc1cccc(-c2ccc(N(c3ccc(-n4c5ccccc5c5ccccc54)cc3)c3ccc4c(c3)-c3ccccc3C43C4CC5CC(C4)CC3C5)cc2)c1. The lowest BCUT2D eigenvalue weighted by Crippen LogP contribution is -2.55. The van der Waals surface area contributed by atoms with Crippen LogP contribution in [0.2, 0.25) is 0 Å². The Bertz CT molecular complexity index is 2810. The Hall–Kier alpha value is -6.37. The largest absolute Gasteiger partial charge is 0.310 e. The van der Waals surface area contributed by atoms with Crippen LogP contribution in [0.5, 0.6) is 0 Å². The quantitative estimate of drug-likeness (QED) is 0.177. The third-order valence-electron chi connectivity index (χ3n) is 14.2. The monoisotopic (exact) mass is 719 g/mol. The van der Waals surface area contributed by atoms with Gasteiger partial charge in [-0.15, -0.1) is 0 Å². The summed E-state index contributed by atoms with van der Waals surface area (Å²) in [7, 11) is 0. The van der Waals surface area contributed by atoms with Crippen molar-refractivity contribution in [1.82, 2.24) is 4.57 Å². The molecule has 4 saturated carbocycles. The van der Waals surface area contributed by atoms with Crippen LogP contribution in [0, 0.1) is 35.0 Å². The molecule has 4 bridgehead atoms. The van der Waals surface area contributed by atoms with Crippen LogP contribution in [0.25, 0.3) is 49.7 Å². The van der Waals surface area contributed by atoms with E-state index in [1.54, 1.807) is 11.1 Å².